The Morgan fingerprint density at radius 2 is 1.92 bits per heavy atom. The summed E-state index contributed by atoms with van der Waals surface area (Å²) < 4.78 is -0.0456. The van der Waals surface area contributed by atoms with E-state index in [2.05, 4.69) is 22.6 Å². The number of hydrogen-bond acceptors (Lipinski definition) is 2. The number of aromatic hydroxyl groups is 1. The SMILES string of the molecule is O=C(O)CC(I)c1ccc(O)cc1. The number of halogens is 1. The van der Waals surface area contributed by atoms with Gasteiger partial charge < -0.3 is 10.2 Å². The lowest BCUT2D eigenvalue weighted by atomic mass is 10.1. The maximum absolute atomic E-state index is 10.4. The molecule has 70 valence electrons. The molecule has 3 nitrogen and oxygen atoms in total. The van der Waals surface area contributed by atoms with E-state index in [1.807, 2.05) is 0 Å². The summed E-state index contributed by atoms with van der Waals surface area (Å²) in [5, 5.41) is 17.5. The van der Waals surface area contributed by atoms with Gasteiger partial charge in [-0.2, -0.15) is 0 Å². The van der Waals surface area contributed by atoms with Crippen LogP contribution in [0.1, 0.15) is 15.9 Å². The summed E-state index contributed by atoms with van der Waals surface area (Å²) in [6.45, 7) is 0. The van der Waals surface area contributed by atoms with Crippen molar-refractivity contribution in [1.82, 2.24) is 0 Å². The Bertz CT molecular complexity index is 294. The van der Waals surface area contributed by atoms with Gasteiger partial charge in [-0.15, -0.1) is 0 Å². The standard InChI is InChI=1S/C9H9IO3/c10-8(5-9(12)13)6-1-3-7(11)4-2-6/h1-4,8,11H,5H2,(H,12,13). The largest absolute Gasteiger partial charge is 0.508 e. The quantitative estimate of drug-likeness (QED) is 0.664. The van der Waals surface area contributed by atoms with Crippen LogP contribution in [0.25, 0.3) is 0 Å². The Kier molecular flexibility index (Phi) is 3.53. The molecule has 0 saturated carbocycles. The second-order valence-corrected chi connectivity index (χ2v) is 4.16. The van der Waals surface area contributed by atoms with Gasteiger partial charge in [-0.1, -0.05) is 34.7 Å². The zero-order chi connectivity index (χ0) is 9.84. The summed E-state index contributed by atoms with van der Waals surface area (Å²) in [5.74, 6) is -0.616. The number of phenolic OH excluding ortho intramolecular Hbond substituents is 1. The van der Waals surface area contributed by atoms with Crippen LogP contribution < -0.4 is 0 Å². The first-order valence-corrected chi connectivity index (χ1v) is 4.99. The summed E-state index contributed by atoms with van der Waals surface area (Å²) in [6, 6.07) is 6.58. The summed E-state index contributed by atoms with van der Waals surface area (Å²) in [4.78, 5) is 10.4. The smallest absolute Gasteiger partial charge is 0.304 e. The lowest BCUT2D eigenvalue weighted by molar-refractivity contribution is -0.136. The van der Waals surface area contributed by atoms with Crippen molar-refractivity contribution >= 4 is 28.6 Å². The fourth-order valence-electron chi connectivity index (χ4n) is 0.954. The van der Waals surface area contributed by atoms with E-state index >= 15 is 0 Å². The highest BCUT2D eigenvalue weighted by Crippen LogP contribution is 2.27. The van der Waals surface area contributed by atoms with Crippen molar-refractivity contribution in [2.75, 3.05) is 0 Å². The first kappa shape index (κ1) is 10.3. The second kappa shape index (κ2) is 4.45. The normalized spacial score (nSPS) is 12.4. The van der Waals surface area contributed by atoms with Crippen LogP contribution in [0.2, 0.25) is 0 Å². The van der Waals surface area contributed by atoms with Crippen LogP contribution in [0.5, 0.6) is 5.75 Å². The van der Waals surface area contributed by atoms with Crippen molar-refractivity contribution in [2.45, 2.75) is 10.3 Å². The fourth-order valence-corrected chi connectivity index (χ4v) is 1.75. The van der Waals surface area contributed by atoms with Crippen LogP contribution in [-0.2, 0) is 4.79 Å². The highest BCUT2D eigenvalue weighted by Gasteiger charge is 2.11. The highest BCUT2D eigenvalue weighted by atomic mass is 127. The lowest BCUT2D eigenvalue weighted by Gasteiger charge is -2.06. The summed E-state index contributed by atoms with van der Waals surface area (Å²) in [7, 11) is 0. The van der Waals surface area contributed by atoms with Gasteiger partial charge in [0.25, 0.3) is 0 Å². The van der Waals surface area contributed by atoms with Gasteiger partial charge in [0.05, 0.1) is 6.42 Å². The number of benzene rings is 1. The number of carboxylic acids is 1. The number of carboxylic acid groups (broad SMARTS) is 1. The van der Waals surface area contributed by atoms with Crippen molar-refractivity contribution in [3.8, 4) is 5.75 Å². The molecule has 0 aliphatic rings. The molecule has 1 rings (SSSR count). The van der Waals surface area contributed by atoms with E-state index in [0.29, 0.717) is 0 Å². The third-order valence-electron chi connectivity index (χ3n) is 1.61. The molecule has 2 N–H and O–H groups in total. The minimum atomic E-state index is -0.813. The van der Waals surface area contributed by atoms with Gasteiger partial charge >= 0.3 is 5.97 Å². The van der Waals surface area contributed by atoms with E-state index < -0.39 is 5.97 Å². The molecule has 4 heteroatoms. The molecular weight excluding hydrogens is 283 g/mol. The number of aliphatic carboxylic acids is 1. The summed E-state index contributed by atoms with van der Waals surface area (Å²) in [6.07, 6.45) is 0.103. The van der Waals surface area contributed by atoms with Crippen molar-refractivity contribution in [2.24, 2.45) is 0 Å². The second-order valence-electron chi connectivity index (χ2n) is 2.66. The predicted octanol–water partition coefficient (Wildman–Crippen LogP) is 2.34. The molecule has 0 spiro atoms. The van der Waals surface area contributed by atoms with Crippen molar-refractivity contribution in [3.05, 3.63) is 29.8 Å². The number of carbonyl (C=O) groups is 1. The van der Waals surface area contributed by atoms with Gasteiger partial charge in [0.2, 0.25) is 0 Å². The number of phenols is 1. The van der Waals surface area contributed by atoms with Crippen LogP contribution in [0.15, 0.2) is 24.3 Å². The van der Waals surface area contributed by atoms with Gasteiger partial charge in [0.1, 0.15) is 5.75 Å². The molecule has 1 aromatic rings. The minimum Gasteiger partial charge on any atom is -0.508 e. The zero-order valence-electron chi connectivity index (χ0n) is 6.77. The van der Waals surface area contributed by atoms with E-state index in [9.17, 15) is 4.79 Å². The molecule has 1 aromatic carbocycles. The van der Waals surface area contributed by atoms with E-state index in [-0.39, 0.29) is 16.1 Å². The van der Waals surface area contributed by atoms with Crippen molar-refractivity contribution in [1.29, 1.82) is 0 Å². The first-order valence-electron chi connectivity index (χ1n) is 3.74. The van der Waals surface area contributed by atoms with Gasteiger partial charge in [0.15, 0.2) is 0 Å². The average molecular weight is 292 g/mol. The molecule has 1 unspecified atom stereocenters. The Morgan fingerprint density at radius 3 is 2.38 bits per heavy atom. The lowest BCUT2D eigenvalue weighted by Crippen LogP contribution is -1.99. The summed E-state index contributed by atoms with van der Waals surface area (Å²) >= 11 is 2.07. The fraction of sp³-hybridized carbons (Fsp3) is 0.222. The highest BCUT2D eigenvalue weighted by molar-refractivity contribution is 14.1. The third kappa shape index (κ3) is 3.22. The average Bonchev–Trinajstić information content (AvgIpc) is 2.04. The maximum atomic E-state index is 10.4. The molecular formula is C9H9IO3. The molecule has 0 heterocycles. The van der Waals surface area contributed by atoms with Crippen LogP contribution in [0.4, 0.5) is 0 Å². The molecule has 0 amide bonds. The van der Waals surface area contributed by atoms with Crippen LogP contribution in [0, 0.1) is 0 Å². The topological polar surface area (TPSA) is 57.5 Å². The molecule has 0 radical (unpaired) electrons. The molecule has 1 atom stereocenters. The van der Waals surface area contributed by atoms with Crippen molar-refractivity contribution < 1.29 is 15.0 Å². The van der Waals surface area contributed by atoms with E-state index in [1.54, 1.807) is 24.3 Å². The Balaban J connectivity index is 2.71. The van der Waals surface area contributed by atoms with Gasteiger partial charge in [-0.25, -0.2) is 0 Å². The molecule has 13 heavy (non-hydrogen) atoms. The Hall–Kier alpha value is -0.780. The molecule has 0 bridgehead atoms. The Labute approximate surface area is 89.5 Å². The molecule has 0 aliphatic heterocycles. The monoisotopic (exact) mass is 292 g/mol. The molecule has 0 fully saturated rings. The van der Waals surface area contributed by atoms with Gasteiger partial charge in [-0.05, 0) is 17.7 Å². The van der Waals surface area contributed by atoms with Crippen LogP contribution >= 0.6 is 22.6 Å². The first-order chi connectivity index (χ1) is 6.09. The predicted molar refractivity (Wildman–Crippen MR) is 57.1 cm³/mol. The maximum Gasteiger partial charge on any atom is 0.304 e. The van der Waals surface area contributed by atoms with Crippen molar-refractivity contribution in [3.63, 3.8) is 0 Å². The summed E-state index contributed by atoms with van der Waals surface area (Å²) in [5.41, 5.74) is 0.917. The Morgan fingerprint density at radius 1 is 1.38 bits per heavy atom. The van der Waals surface area contributed by atoms with E-state index in [1.165, 1.54) is 0 Å². The zero-order valence-corrected chi connectivity index (χ0v) is 8.93. The van der Waals surface area contributed by atoms with Crippen LogP contribution in [0.3, 0.4) is 0 Å². The number of hydrogen-bond donors (Lipinski definition) is 2. The number of alkyl halides is 1. The number of rotatable bonds is 3. The molecule has 0 aromatic heterocycles. The third-order valence-corrected chi connectivity index (χ3v) is 2.77. The van der Waals surface area contributed by atoms with Crippen LogP contribution in [-0.4, -0.2) is 16.2 Å². The van der Waals surface area contributed by atoms with E-state index in [0.717, 1.165) is 5.56 Å². The minimum absolute atomic E-state index is 0.0456. The van der Waals surface area contributed by atoms with Gasteiger partial charge in [0, 0.05) is 3.92 Å². The van der Waals surface area contributed by atoms with Gasteiger partial charge in [-0.3, -0.25) is 4.79 Å². The molecule has 0 saturated heterocycles. The molecule has 0 aliphatic carbocycles. The van der Waals surface area contributed by atoms with E-state index in [4.69, 9.17) is 10.2 Å².